The van der Waals surface area contributed by atoms with Crippen LogP contribution in [-0.2, 0) is 0 Å². The lowest BCUT2D eigenvalue weighted by Gasteiger charge is -2.37. The average Bonchev–Trinajstić information content (AvgIpc) is 3.07. The van der Waals surface area contributed by atoms with Gasteiger partial charge >= 0.3 is 0 Å². The molecule has 5 heteroatoms. The summed E-state index contributed by atoms with van der Waals surface area (Å²) in [5.41, 5.74) is 0. The van der Waals surface area contributed by atoms with E-state index in [0.29, 0.717) is 24.2 Å². The Morgan fingerprint density at radius 1 is 1.21 bits per heavy atom. The summed E-state index contributed by atoms with van der Waals surface area (Å²) in [6, 6.07) is 3.67. The minimum atomic E-state index is -0.114. The minimum Gasteiger partial charge on any atom is -0.465 e. The van der Waals surface area contributed by atoms with Crippen LogP contribution in [0.2, 0.25) is 0 Å². The minimum absolute atomic E-state index is 0.114. The van der Waals surface area contributed by atoms with E-state index in [-0.39, 0.29) is 11.9 Å². The number of likely N-dealkylation sites (tertiary alicyclic amines) is 1. The summed E-state index contributed by atoms with van der Waals surface area (Å²) in [6.07, 6.45) is 8.76. The monoisotopic (exact) mass is 334 g/mol. The van der Waals surface area contributed by atoms with Crippen LogP contribution in [0.1, 0.15) is 62.4 Å². The molecule has 0 bridgehead atoms. The van der Waals surface area contributed by atoms with Crippen molar-refractivity contribution in [2.45, 2.75) is 57.9 Å². The van der Waals surface area contributed by atoms with Crippen LogP contribution in [0.3, 0.4) is 0 Å². The predicted molar refractivity (Wildman–Crippen MR) is 93.4 cm³/mol. The zero-order chi connectivity index (χ0) is 16.8. The third-order valence-electron chi connectivity index (χ3n) is 5.26. The summed E-state index contributed by atoms with van der Waals surface area (Å²) in [5, 5.41) is 3.22. The molecule has 0 radical (unpaired) electrons. The van der Waals surface area contributed by atoms with Gasteiger partial charge in [-0.15, -0.1) is 0 Å². The van der Waals surface area contributed by atoms with Gasteiger partial charge in [-0.1, -0.05) is 19.3 Å². The second kappa shape index (κ2) is 8.56. The van der Waals surface area contributed by atoms with Crippen molar-refractivity contribution in [2.75, 3.05) is 26.2 Å². The van der Waals surface area contributed by atoms with Crippen molar-refractivity contribution in [1.82, 2.24) is 10.2 Å². The molecule has 3 rings (SSSR count). The standard InChI is InChI=1S/C19H30N2O3/c1-2-23-18-11-10-17(24-18)19(22)20-16-9-5-4-8-15(16)14-21-12-6-3-7-13-21/h10-11,15-16H,2-9,12-14H2,1H3,(H,20,22)/t15-,16?/m0/s1. The molecule has 1 saturated heterocycles. The number of carbonyl (C=O) groups is 1. The van der Waals surface area contributed by atoms with E-state index in [1.54, 1.807) is 12.1 Å². The predicted octanol–water partition coefficient (Wildman–Crippen LogP) is 3.45. The van der Waals surface area contributed by atoms with E-state index in [4.69, 9.17) is 9.15 Å². The molecule has 0 spiro atoms. The molecule has 134 valence electrons. The van der Waals surface area contributed by atoms with Crippen LogP contribution in [-0.4, -0.2) is 43.1 Å². The molecule has 2 aliphatic rings. The van der Waals surface area contributed by atoms with Crippen molar-refractivity contribution in [3.63, 3.8) is 0 Å². The highest BCUT2D eigenvalue weighted by Gasteiger charge is 2.29. The number of ether oxygens (including phenoxy) is 1. The van der Waals surface area contributed by atoms with Gasteiger partial charge in [0.1, 0.15) is 0 Å². The molecule has 5 nitrogen and oxygen atoms in total. The maximum Gasteiger partial charge on any atom is 0.287 e. The van der Waals surface area contributed by atoms with E-state index < -0.39 is 0 Å². The van der Waals surface area contributed by atoms with Gasteiger partial charge in [0.05, 0.1) is 6.61 Å². The van der Waals surface area contributed by atoms with Crippen LogP contribution in [0, 0.1) is 5.92 Å². The van der Waals surface area contributed by atoms with Gasteiger partial charge in [0.2, 0.25) is 0 Å². The van der Waals surface area contributed by atoms with Crippen molar-refractivity contribution in [2.24, 2.45) is 5.92 Å². The van der Waals surface area contributed by atoms with Crippen molar-refractivity contribution in [3.8, 4) is 5.95 Å². The topological polar surface area (TPSA) is 54.7 Å². The summed E-state index contributed by atoms with van der Waals surface area (Å²) in [5.74, 6) is 1.20. The van der Waals surface area contributed by atoms with Crippen LogP contribution in [0.15, 0.2) is 16.5 Å². The summed E-state index contributed by atoms with van der Waals surface area (Å²) in [7, 11) is 0. The van der Waals surface area contributed by atoms with Crippen LogP contribution < -0.4 is 10.1 Å². The Morgan fingerprint density at radius 2 is 2.00 bits per heavy atom. The lowest BCUT2D eigenvalue weighted by atomic mass is 9.83. The van der Waals surface area contributed by atoms with E-state index in [1.807, 2.05) is 6.92 Å². The maximum absolute atomic E-state index is 12.5. The van der Waals surface area contributed by atoms with Gasteiger partial charge in [-0.3, -0.25) is 4.79 Å². The molecular weight excluding hydrogens is 304 g/mol. The molecule has 1 unspecified atom stereocenters. The third kappa shape index (κ3) is 4.53. The van der Waals surface area contributed by atoms with Gasteiger partial charge in [0.15, 0.2) is 5.76 Å². The fourth-order valence-corrected chi connectivity index (χ4v) is 3.99. The molecule has 0 aromatic carbocycles. The molecular formula is C19H30N2O3. The second-order valence-electron chi connectivity index (χ2n) is 7.04. The number of carbonyl (C=O) groups excluding carboxylic acids is 1. The van der Waals surface area contributed by atoms with Crippen LogP contribution >= 0.6 is 0 Å². The number of rotatable bonds is 6. The van der Waals surface area contributed by atoms with Gasteiger partial charge in [0, 0.05) is 18.7 Å². The van der Waals surface area contributed by atoms with E-state index >= 15 is 0 Å². The van der Waals surface area contributed by atoms with Gasteiger partial charge < -0.3 is 19.4 Å². The quantitative estimate of drug-likeness (QED) is 0.866. The van der Waals surface area contributed by atoms with Gasteiger partial charge in [-0.25, -0.2) is 0 Å². The Balaban J connectivity index is 1.56. The third-order valence-corrected chi connectivity index (χ3v) is 5.26. The highest BCUT2D eigenvalue weighted by atomic mass is 16.6. The van der Waals surface area contributed by atoms with E-state index in [2.05, 4.69) is 10.2 Å². The van der Waals surface area contributed by atoms with Gasteiger partial charge in [-0.05, 0) is 57.7 Å². The van der Waals surface area contributed by atoms with Crippen LogP contribution in [0.5, 0.6) is 5.95 Å². The molecule has 1 aromatic rings. The van der Waals surface area contributed by atoms with Gasteiger partial charge in [-0.2, -0.15) is 0 Å². The normalized spacial score (nSPS) is 25.4. The number of nitrogens with zero attached hydrogens (tertiary/aromatic N) is 1. The Morgan fingerprint density at radius 3 is 2.79 bits per heavy atom. The first kappa shape index (κ1) is 17.3. The molecule has 1 N–H and O–H groups in total. The molecule has 24 heavy (non-hydrogen) atoms. The lowest BCUT2D eigenvalue weighted by molar-refractivity contribution is 0.0842. The Hall–Kier alpha value is -1.49. The Bertz CT molecular complexity index is 522. The highest BCUT2D eigenvalue weighted by Crippen LogP contribution is 2.27. The number of hydrogen-bond donors (Lipinski definition) is 1. The summed E-state index contributed by atoms with van der Waals surface area (Å²) < 4.78 is 10.8. The van der Waals surface area contributed by atoms with Crippen LogP contribution in [0.4, 0.5) is 0 Å². The van der Waals surface area contributed by atoms with Crippen LogP contribution in [0.25, 0.3) is 0 Å². The zero-order valence-corrected chi connectivity index (χ0v) is 14.8. The first-order valence-electron chi connectivity index (χ1n) is 9.52. The molecule has 1 amide bonds. The van der Waals surface area contributed by atoms with Gasteiger partial charge in [0.25, 0.3) is 11.9 Å². The first-order chi connectivity index (χ1) is 11.8. The fraction of sp³-hybridized carbons (Fsp3) is 0.737. The molecule has 1 aliphatic carbocycles. The largest absolute Gasteiger partial charge is 0.465 e. The number of furan rings is 1. The molecule has 1 aliphatic heterocycles. The van der Waals surface area contributed by atoms with Crippen molar-refractivity contribution in [3.05, 3.63) is 17.9 Å². The second-order valence-corrected chi connectivity index (χ2v) is 7.04. The molecule has 1 saturated carbocycles. The number of amides is 1. The van der Waals surface area contributed by atoms with E-state index in [9.17, 15) is 4.79 Å². The number of nitrogens with one attached hydrogen (secondary N) is 1. The smallest absolute Gasteiger partial charge is 0.287 e. The Labute approximate surface area is 144 Å². The fourth-order valence-electron chi connectivity index (χ4n) is 3.99. The first-order valence-corrected chi connectivity index (χ1v) is 9.52. The van der Waals surface area contributed by atoms with E-state index in [1.165, 1.54) is 51.6 Å². The molecule has 2 fully saturated rings. The maximum atomic E-state index is 12.5. The lowest BCUT2D eigenvalue weighted by Crippen LogP contribution is -2.47. The molecule has 1 aromatic heterocycles. The van der Waals surface area contributed by atoms with Crippen molar-refractivity contribution >= 4 is 5.91 Å². The summed E-state index contributed by atoms with van der Waals surface area (Å²) in [4.78, 5) is 15.1. The average molecular weight is 334 g/mol. The summed E-state index contributed by atoms with van der Waals surface area (Å²) >= 11 is 0. The highest BCUT2D eigenvalue weighted by molar-refractivity contribution is 5.91. The van der Waals surface area contributed by atoms with Crippen molar-refractivity contribution in [1.29, 1.82) is 0 Å². The molecule has 2 atom stereocenters. The van der Waals surface area contributed by atoms with Crippen molar-refractivity contribution < 1.29 is 13.9 Å². The number of hydrogen-bond acceptors (Lipinski definition) is 4. The SMILES string of the molecule is CCOc1ccc(C(=O)NC2CCCC[C@H]2CN2CCCCC2)o1. The molecule has 2 heterocycles. The Kier molecular flexibility index (Phi) is 6.18. The van der Waals surface area contributed by atoms with E-state index in [0.717, 1.165) is 13.0 Å². The zero-order valence-electron chi connectivity index (χ0n) is 14.8. The summed E-state index contributed by atoms with van der Waals surface area (Å²) in [6.45, 7) is 5.98. The number of piperidine rings is 1.